The van der Waals surface area contributed by atoms with Crippen LogP contribution in [0.25, 0.3) is 0 Å². The molecule has 0 heterocycles. The highest BCUT2D eigenvalue weighted by molar-refractivity contribution is 6.34. The first-order chi connectivity index (χ1) is 6.54. The lowest BCUT2D eigenvalue weighted by atomic mass is 9.71. The van der Waals surface area contributed by atoms with Gasteiger partial charge in [-0.15, -0.1) is 0 Å². The molecule has 0 aliphatic rings. The molecule has 0 unspecified atom stereocenters. The molecule has 0 fully saturated rings. The summed E-state index contributed by atoms with van der Waals surface area (Å²) in [5.74, 6) is 0.623. The molecular weight excluding hydrogens is 167 g/mol. The molecule has 0 N–H and O–H groups in total. The highest BCUT2D eigenvalue weighted by atomic mass is 14.1. The van der Waals surface area contributed by atoms with Gasteiger partial charge in [0, 0.05) is 0 Å². The van der Waals surface area contributed by atoms with Crippen LogP contribution in [0.2, 0.25) is 13.1 Å². The molecule has 77 valence electrons. The molecular formula is C13H22B. The largest absolute Gasteiger partial charge is 0.111 e. The van der Waals surface area contributed by atoms with Gasteiger partial charge >= 0.3 is 0 Å². The van der Waals surface area contributed by atoms with Crippen molar-refractivity contribution in [3.05, 3.63) is 35.5 Å². The predicted octanol–water partition coefficient (Wildman–Crippen LogP) is 4.26. The van der Waals surface area contributed by atoms with E-state index < -0.39 is 0 Å². The molecule has 0 spiro atoms. The predicted molar refractivity (Wildman–Crippen MR) is 67.9 cm³/mol. The second-order valence-electron chi connectivity index (χ2n) is 4.01. The van der Waals surface area contributed by atoms with Gasteiger partial charge in [0.05, 0.1) is 0 Å². The quantitative estimate of drug-likeness (QED) is 0.447. The Morgan fingerprint density at radius 3 is 2.29 bits per heavy atom. The molecule has 0 nitrogen and oxygen atoms in total. The van der Waals surface area contributed by atoms with Gasteiger partial charge in [-0.05, 0) is 25.3 Å². The Balaban J connectivity index is 5.01. The van der Waals surface area contributed by atoms with Gasteiger partial charge in [0.15, 0.2) is 0 Å². The Labute approximate surface area is 90.0 Å². The summed E-state index contributed by atoms with van der Waals surface area (Å²) in [5, 5.41) is 0. The highest BCUT2D eigenvalue weighted by Crippen LogP contribution is 2.23. The fourth-order valence-electron chi connectivity index (χ4n) is 1.46. The molecule has 0 saturated carbocycles. The van der Waals surface area contributed by atoms with Crippen LogP contribution in [0, 0.1) is 5.92 Å². The van der Waals surface area contributed by atoms with Gasteiger partial charge in [0.1, 0.15) is 7.28 Å². The van der Waals surface area contributed by atoms with Gasteiger partial charge in [0.2, 0.25) is 0 Å². The molecule has 0 bridgehead atoms. The summed E-state index contributed by atoms with van der Waals surface area (Å²) >= 11 is 0. The van der Waals surface area contributed by atoms with Gasteiger partial charge in [0.25, 0.3) is 0 Å². The van der Waals surface area contributed by atoms with E-state index in [-0.39, 0.29) is 0 Å². The van der Waals surface area contributed by atoms with Gasteiger partial charge in [-0.3, -0.25) is 0 Å². The van der Waals surface area contributed by atoms with E-state index in [0.29, 0.717) is 5.92 Å². The van der Waals surface area contributed by atoms with Crippen LogP contribution in [0.1, 0.15) is 27.7 Å². The Hall–Kier alpha value is -0.715. The van der Waals surface area contributed by atoms with E-state index in [1.807, 2.05) is 6.08 Å². The maximum Gasteiger partial charge on any atom is 0.111 e. The lowest BCUT2D eigenvalue weighted by Gasteiger charge is -2.15. The smallest absolute Gasteiger partial charge is 0.0991 e. The standard InChI is InChI=1S/C13H22B/c1-7-8-11(4)13(9-14-6)12(5)10(2)3/h7-8,10H,1,9H2,2-6H3/b11-8-,13-12+. The lowest BCUT2D eigenvalue weighted by Crippen LogP contribution is -1.99. The Kier molecular flexibility index (Phi) is 6.35. The van der Waals surface area contributed by atoms with Crippen LogP contribution in [-0.4, -0.2) is 7.28 Å². The van der Waals surface area contributed by atoms with Crippen molar-refractivity contribution in [2.75, 3.05) is 0 Å². The molecule has 1 heteroatoms. The van der Waals surface area contributed by atoms with Crippen LogP contribution in [0.4, 0.5) is 0 Å². The van der Waals surface area contributed by atoms with Crippen molar-refractivity contribution >= 4 is 7.28 Å². The second kappa shape index (κ2) is 6.70. The topological polar surface area (TPSA) is 0 Å². The molecule has 0 amide bonds. The summed E-state index contributed by atoms with van der Waals surface area (Å²) in [6.45, 7) is 14.7. The number of rotatable bonds is 5. The molecule has 0 saturated heterocycles. The first kappa shape index (κ1) is 13.3. The van der Waals surface area contributed by atoms with E-state index in [1.165, 1.54) is 16.7 Å². The Morgan fingerprint density at radius 1 is 1.36 bits per heavy atom. The van der Waals surface area contributed by atoms with Crippen LogP contribution in [0.15, 0.2) is 35.5 Å². The van der Waals surface area contributed by atoms with Gasteiger partial charge in [-0.25, -0.2) is 0 Å². The maximum atomic E-state index is 3.74. The molecule has 0 rings (SSSR count). The maximum absolute atomic E-state index is 3.74. The third-order valence-electron chi connectivity index (χ3n) is 2.59. The number of hydrogen-bond donors (Lipinski definition) is 0. The van der Waals surface area contributed by atoms with E-state index in [0.717, 1.165) is 6.32 Å². The minimum atomic E-state index is 0.623. The molecule has 0 aliphatic carbocycles. The van der Waals surface area contributed by atoms with Crippen LogP contribution in [0.5, 0.6) is 0 Å². The first-order valence-electron chi connectivity index (χ1n) is 5.31. The normalized spacial score (nSPS) is 14.0. The molecule has 1 radical (unpaired) electrons. The van der Waals surface area contributed by atoms with Crippen LogP contribution in [0.3, 0.4) is 0 Å². The van der Waals surface area contributed by atoms with E-state index in [1.54, 1.807) is 0 Å². The zero-order valence-corrected chi connectivity index (χ0v) is 10.2. The Morgan fingerprint density at radius 2 is 1.93 bits per heavy atom. The molecule has 0 aromatic heterocycles. The minimum absolute atomic E-state index is 0.623. The number of hydrogen-bond acceptors (Lipinski definition) is 0. The average molecular weight is 189 g/mol. The van der Waals surface area contributed by atoms with Crippen molar-refractivity contribution in [1.82, 2.24) is 0 Å². The van der Waals surface area contributed by atoms with Gasteiger partial charge in [-0.1, -0.05) is 56.9 Å². The Bertz CT molecular complexity index is 244. The summed E-state index contributed by atoms with van der Waals surface area (Å²) in [6, 6.07) is 0. The molecule has 0 aromatic rings. The molecule has 0 aromatic carbocycles. The second-order valence-corrected chi connectivity index (χ2v) is 4.01. The van der Waals surface area contributed by atoms with E-state index >= 15 is 0 Å². The first-order valence-corrected chi connectivity index (χ1v) is 5.31. The van der Waals surface area contributed by atoms with Crippen molar-refractivity contribution in [1.29, 1.82) is 0 Å². The van der Waals surface area contributed by atoms with E-state index in [2.05, 4.69) is 54.5 Å². The summed E-state index contributed by atoms with van der Waals surface area (Å²) in [7, 11) is 2.21. The zero-order valence-electron chi connectivity index (χ0n) is 10.2. The van der Waals surface area contributed by atoms with Crippen LogP contribution < -0.4 is 0 Å². The molecule has 0 aliphatic heterocycles. The fraction of sp³-hybridized carbons (Fsp3) is 0.538. The average Bonchev–Trinajstić information content (AvgIpc) is 2.13. The van der Waals surface area contributed by atoms with Crippen molar-refractivity contribution in [3.8, 4) is 0 Å². The third kappa shape index (κ3) is 4.00. The summed E-state index contributed by atoms with van der Waals surface area (Å²) in [6.07, 6.45) is 5.00. The summed E-state index contributed by atoms with van der Waals surface area (Å²) in [5.41, 5.74) is 4.28. The third-order valence-corrected chi connectivity index (χ3v) is 2.59. The SMILES string of the molecule is C=C/C=C(C)\C(C[B]C)=C(/C)C(C)C. The highest BCUT2D eigenvalue weighted by Gasteiger charge is 2.06. The minimum Gasteiger partial charge on any atom is -0.0991 e. The van der Waals surface area contributed by atoms with Crippen molar-refractivity contribution < 1.29 is 0 Å². The van der Waals surface area contributed by atoms with E-state index in [9.17, 15) is 0 Å². The zero-order chi connectivity index (χ0) is 11.1. The molecule has 0 atom stereocenters. The number of allylic oxidation sites excluding steroid dienone is 5. The van der Waals surface area contributed by atoms with Crippen LogP contribution in [-0.2, 0) is 0 Å². The van der Waals surface area contributed by atoms with Crippen molar-refractivity contribution in [2.45, 2.75) is 40.8 Å². The van der Waals surface area contributed by atoms with Gasteiger partial charge in [-0.2, -0.15) is 0 Å². The lowest BCUT2D eigenvalue weighted by molar-refractivity contribution is 0.758. The monoisotopic (exact) mass is 189 g/mol. The summed E-state index contributed by atoms with van der Waals surface area (Å²) < 4.78 is 0. The van der Waals surface area contributed by atoms with E-state index in [4.69, 9.17) is 0 Å². The van der Waals surface area contributed by atoms with Crippen molar-refractivity contribution in [2.24, 2.45) is 5.92 Å². The summed E-state index contributed by atoms with van der Waals surface area (Å²) in [4.78, 5) is 0. The van der Waals surface area contributed by atoms with Crippen molar-refractivity contribution in [3.63, 3.8) is 0 Å². The van der Waals surface area contributed by atoms with Gasteiger partial charge < -0.3 is 0 Å². The molecule has 14 heavy (non-hydrogen) atoms. The fourth-order valence-corrected chi connectivity index (χ4v) is 1.46. The van der Waals surface area contributed by atoms with Crippen LogP contribution >= 0.6 is 0 Å².